The molecule has 2 saturated heterocycles. The molecule has 2 amide bonds. The molecule has 2 aliphatic heterocycles. The second-order valence-electron chi connectivity index (χ2n) is 8.39. The van der Waals surface area contributed by atoms with E-state index in [0.29, 0.717) is 16.6 Å². The van der Waals surface area contributed by atoms with Crippen molar-refractivity contribution >= 4 is 21.6 Å². The second kappa shape index (κ2) is 8.41. The Morgan fingerprint density at radius 1 is 0.964 bits per heavy atom. The van der Waals surface area contributed by atoms with Gasteiger partial charge in [0.15, 0.2) is 9.84 Å². The van der Waals surface area contributed by atoms with Crippen molar-refractivity contribution in [3.63, 3.8) is 0 Å². The van der Waals surface area contributed by atoms with Crippen molar-refractivity contribution < 1.29 is 13.2 Å². The van der Waals surface area contributed by atoms with Gasteiger partial charge in [0, 0.05) is 24.8 Å². The Morgan fingerprint density at radius 3 is 2.46 bits per heavy atom. The molecule has 1 atom stereocenters. The molecule has 3 aliphatic rings. The quantitative estimate of drug-likeness (QED) is 0.832. The van der Waals surface area contributed by atoms with Gasteiger partial charge in [-0.3, -0.25) is 4.90 Å². The topological polar surface area (TPSA) is 69.7 Å². The van der Waals surface area contributed by atoms with Gasteiger partial charge in [-0.05, 0) is 69.8 Å². The van der Waals surface area contributed by atoms with E-state index in [9.17, 15) is 13.2 Å². The number of rotatable bonds is 4. The van der Waals surface area contributed by atoms with Gasteiger partial charge >= 0.3 is 6.03 Å². The van der Waals surface area contributed by atoms with E-state index >= 15 is 0 Å². The van der Waals surface area contributed by atoms with Crippen molar-refractivity contribution in [2.24, 2.45) is 0 Å². The summed E-state index contributed by atoms with van der Waals surface area (Å²) in [5.74, 6) is 0. The molecule has 2 heterocycles. The Balaban J connectivity index is 1.41. The minimum atomic E-state index is -3.31. The van der Waals surface area contributed by atoms with E-state index in [-0.39, 0.29) is 11.3 Å². The maximum atomic E-state index is 12.8. The summed E-state index contributed by atoms with van der Waals surface area (Å²) in [5.41, 5.74) is 0.562. The third kappa shape index (κ3) is 4.20. The number of urea groups is 1. The smallest absolute Gasteiger partial charge is 0.321 e. The average Bonchev–Trinajstić information content (AvgIpc) is 3.42. The van der Waals surface area contributed by atoms with Crippen LogP contribution in [0.15, 0.2) is 29.2 Å². The highest BCUT2D eigenvalue weighted by molar-refractivity contribution is 7.92. The van der Waals surface area contributed by atoms with Crippen LogP contribution in [0.5, 0.6) is 0 Å². The van der Waals surface area contributed by atoms with Crippen LogP contribution in [0.4, 0.5) is 10.5 Å². The largest absolute Gasteiger partial charge is 0.323 e. The van der Waals surface area contributed by atoms with Crippen LogP contribution in [0.25, 0.3) is 0 Å². The number of sulfone groups is 1. The van der Waals surface area contributed by atoms with Gasteiger partial charge in [0.25, 0.3) is 0 Å². The van der Waals surface area contributed by atoms with Crippen LogP contribution in [0.1, 0.15) is 51.4 Å². The number of piperidine rings is 1. The zero-order valence-corrected chi connectivity index (χ0v) is 17.3. The van der Waals surface area contributed by atoms with Crippen LogP contribution in [0.2, 0.25) is 0 Å². The molecule has 154 valence electrons. The molecular weight excluding hydrogens is 374 g/mol. The third-order valence-electron chi connectivity index (χ3n) is 6.50. The fraction of sp³-hybridized carbons (Fsp3) is 0.667. The highest BCUT2D eigenvalue weighted by atomic mass is 32.2. The number of anilines is 1. The summed E-state index contributed by atoms with van der Waals surface area (Å²) in [6.07, 6.45) is 8.12. The van der Waals surface area contributed by atoms with E-state index in [1.54, 1.807) is 24.3 Å². The van der Waals surface area contributed by atoms with Crippen LogP contribution in [-0.4, -0.2) is 61.7 Å². The van der Waals surface area contributed by atoms with Crippen molar-refractivity contribution in [3.8, 4) is 0 Å². The molecule has 1 aromatic rings. The van der Waals surface area contributed by atoms with Gasteiger partial charge in [0.05, 0.1) is 10.1 Å². The molecule has 0 spiro atoms. The Morgan fingerprint density at radius 2 is 1.71 bits per heavy atom. The summed E-state index contributed by atoms with van der Waals surface area (Å²) in [6, 6.07) is 7.09. The first-order valence-corrected chi connectivity index (χ1v) is 12.2. The van der Waals surface area contributed by atoms with Crippen LogP contribution in [0.3, 0.4) is 0 Å². The lowest BCUT2D eigenvalue weighted by molar-refractivity contribution is 0.132. The third-order valence-corrected chi connectivity index (χ3v) is 8.76. The molecule has 0 unspecified atom stereocenters. The lowest BCUT2D eigenvalue weighted by Gasteiger charge is -2.37. The van der Waals surface area contributed by atoms with Crippen molar-refractivity contribution in [1.82, 2.24) is 9.80 Å². The molecule has 1 N–H and O–H groups in total. The Hall–Kier alpha value is -1.60. The first kappa shape index (κ1) is 19.7. The molecule has 4 rings (SSSR count). The van der Waals surface area contributed by atoms with Crippen molar-refractivity contribution in [1.29, 1.82) is 0 Å². The molecular formula is C21H31N3O3S. The number of hydrogen-bond donors (Lipinski definition) is 1. The van der Waals surface area contributed by atoms with E-state index in [1.807, 2.05) is 4.90 Å². The Bertz CT molecular complexity index is 799. The average molecular weight is 406 g/mol. The number of hydrogen-bond acceptors (Lipinski definition) is 4. The lowest BCUT2D eigenvalue weighted by atomic mass is 10.0. The minimum absolute atomic E-state index is 0.126. The number of likely N-dealkylation sites (tertiary alicyclic amines) is 2. The fourth-order valence-corrected chi connectivity index (χ4v) is 6.79. The van der Waals surface area contributed by atoms with E-state index in [2.05, 4.69) is 10.2 Å². The second-order valence-corrected chi connectivity index (χ2v) is 10.6. The van der Waals surface area contributed by atoms with Gasteiger partial charge in [0.1, 0.15) is 0 Å². The molecule has 7 heteroatoms. The molecule has 1 saturated carbocycles. The number of carbonyl (C=O) groups excluding carboxylic acids is 1. The van der Waals surface area contributed by atoms with Gasteiger partial charge < -0.3 is 10.2 Å². The van der Waals surface area contributed by atoms with Gasteiger partial charge in [-0.25, -0.2) is 13.2 Å². The molecule has 28 heavy (non-hydrogen) atoms. The normalized spacial score (nSPS) is 24.6. The number of benzene rings is 1. The summed E-state index contributed by atoms with van der Waals surface area (Å²) in [7, 11) is -3.31. The number of carbonyl (C=O) groups is 1. The molecule has 6 nitrogen and oxygen atoms in total. The predicted octanol–water partition coefficient (Wildman–Crippen LogP) is 3.50. The monoisotopic (exact) mass is 405 g/mol. The first-order valence-electron chi connectivity index (χ1n) is 10.7. The minimum Gasteiger partial charge on any atom is -0.323 e. The summed E-state index contributed by atoms with van der Waals surface area (Å²) in [4.78, 5) is 17.5. The van der Waals surface area contributed by atoms with Crippen molar-refractivity contribution in [2.45, 2.75) is 67.6 Å². The number of nitrogens with zero attached hydrogens (tertiary/aromatic N) is 2. The summed E-state index contributed by atoms with van der Waals surface area (Å²) < 4.78 is 25.7. The predicted molar refractivity (Wildman–Crippen MR) is 110 cm³/mol. The fourth-order valence-electron chi connectivity index (χ4n) is 4.89. The van der Waals surface area contributed by atoms with Crippen LogP contribution < -0.4 is 5.32 Å². The van der Waals surface area contributed by atoms with Gasteiger partial charge in [-0.2, -0.15) is 0 Å². The summed E-state index contributed by atoms with van der Waals surface area (Å²) in [5, 5.41) is 2.65. The van der Waals surface area contributed by atoms with Crippen LogP contribution in [0, 0.1) is 0 Å². The number of amides is 2. The molecule has 0 radical (unpaired) electrons. The van der Waals surface area contributed by atoms with Gasteiger partial charge in [0.2, 0.25) is 0 Å². The zero-order chi connectivity index (χ0) is 19.6. The molecule has 3 fully saturated rings. The zero-order valence-electron chi connectivity index (χ0n) is 16.5. The standard InChI is InChI=1S/C21H31N3O3S/c25-21(24-14-6-8-18(16-24)23-12-3-4-13-23)22-17-7-5-11-20(15-17)28(26,27)19-9-1-2-10-19/h5,7,11,15,18-19H,1-4,6,8-10,12-14,16H2,(H,22,25)/t18-/m0/s1. The molecule has 0 aromatic heterocycles. The number of nitrogens with one attached hydrogen (secondary N) is 1. The van der Waals surface area contributed by atoms with Crippen molar-refractivity contribution in [3.05, 3.63) is 24.3 Å². The first-order chi connectivity index (χ1) is 13.5. The highest BCUT2D eigenvalue weighted by Gasteiger charge is 2.31. The van der Waals surface area contributed by atoms with E-state index in [0.717, 1.165) is 64.7 Å². The van der Waals surface area contributed by atoms with Crippen molar-refractivity contribution in [2.75, 3.05) is 31.5 Å². The van der Waals surface area contributed by atoms with E-state index in [4.69, 9.17) is 0 Å². The maximum Gasteiger partial charge on any atom is 0.321 e. The van der Waals surface area contributed by atoms with Crippen LogP contribution >= 0.6 is 0 Å². The summed E-state index contributed by atoms with van der Waals surface area (Å²) >= 11 is 0. The van der Waals surface area contributed by atoms with E-state index in [1.165, 1.54) is 12.8 Å². The highest BCUT2D eigenvalue weighted by Crippen LogP contribution is 2.30. The lowest BCUT2D eigenvalue weighted by Crippen LogP contribution is -2.50. The molecule has 0 bridgehead atoms. The van der Waals surface area contributed by atoms with Crippen LogP contribution in [-0.2, 0) is 9.84 Å². The van der Waals surface area contributed by atoms with E-state index < -0.39 is 9.84 Å². The molecule has 1 aliphatic carbocycles. The SMILES string of the molecule is O=C(Nc1cccc(S(=O)(=O)C2CCCC2)c1)N1CCC[C@H](N2CCCC2)C1. The summed E-state index contributed by atoms with van der Waals surface area (Å²) in [6.45, 7) is 3.80. The maximum absolute atomic E-state index is 12.8. The Labute approximate surface area is 168 Å². The van der Waals surface area contributed by atoms with Gasteiger partial charge in [-0.15, -0.1) is 0 Å². The molecule has 1 aromatic carbocycles. The Kier molecular flexibility index (Phi) is 5.92. The van der Waals surface area contributed by atoms with Gasteiger partial charge in [-0.1, -0.05) is 18.9 Å².